The van der Waals surface area contributed by atoms with Gasteiger partial charge in [0.05, 0.1) is 25.7 Å². The number of methoxy groups -OCH3 is 1. The summed E-state index contributed by atoms with van der Waals surface area (Å²) < 4.78 is 22.7. The second-order valence-corrected chi connectivity index (χ2v) is 12.3. The van der Waals surface area contributed by atoms with Gasteiger partial charge >= 0.3 is 17.9 Å². The Morgan fingerprint density at radius 2 is 1.85 bits per heavy atom. The maximum absolute atomic E-state index is 13.5. The van der Waals surface area contributed by atoms with Crippen molar-refractivity contribution in [1.29, 1.82) is 0 Å². The van der Waals surface area contributed by atoms with Gasteiger partial charge in [-0.25, -0.2) is 14.4 Å². The van der Waals surface area contributed by atoms with Gasteiger partial charge in [-0.15, -0.1) is 0 Å². The van der Waals surface area contributed by atoms with E-state index in [0.29, 0.717) is 11.1 Å². The third-order valence-corrected chi connectivity index (χ3v) is 10.3. The highest BCUT2D eigenvalue weighted by Gasteiger charge is 2.85. The van der Waals surface area contributed by atoms with E-state index in [2.05, 4.69) is 0 Å². The summed E-state index contributed by atoms with van der Waals surface area (Å²) >= 11 is 0. The molecule has 4 fully saturated rings. The number of Topliss-reactive ketones (excluding diaryl/α,β-unsaturated/α-hetero) is 1. The number of carbonyl (C=O) groups is 4. The van der Waals surface area contributed by atoms with Gasteiger partial charge in [-0.05, 0) is 43.1 Å². The van der Waals surface area contributed by atoms with Crippen molar-refractivity contribution in [2.75, 3.05) is 13.7 Å². The quantitative estimate of drug-likeness (QED) is 0.262. The molecule has 3 N–H and O–H groups in total. The first-order valence-corrected chi connectivity index (χ1v) is 13.3. The zero-order valence-electron chi connectivity index (χ0n) is 22.9. The fourth-order valence-corrected chi connectivity index (χ4v) is 8.37. The lowest BCUT2D eigenvalue weighted by atomic mass is 9.38. The van der Waals surface area contributed by atoms with Crippen molar-refractivity contribution in [1.82, 2.24) is 0 Å². The summed E-state index contributed by atoms with van der Waals surface area (Å²) in [5.41, 5.74) is -3.43. The number of fused-ring (bicyclic) bond motifs is 2. The Labute approximate surface area is 226 Å². The van der Waals surface area contributed by atoms with Crippen LogP contribution in [0.1, 0.15) is 47.5 Å². The Hall–Kier alpha value is -2.76. The predicted octanol–water partition coefficient (Wildman–Crippen LogP) is 1.15. The topological polar surface area (TPSA) is 166 Å². The van der Waals surface area contributed by atoms with E-state index in [-0.39, 0.29) is 31.1 Å². The normalized spacial score (nSPS) is 44.9. The number of aliphatic hydroxyl groups is 3. The lowest BCUT2D eigenvalue weighted by molar-refractivity contribution is -0.290. The number of aliphatic hydroxyl groups excluding tert-OH is 3. The van der Waals surface area contributed by atoms with Crippen molar-refractivity contribution in [3.63, 3.8) is 0 Å². The molecule has 2 heterocycles. The second kappa shape index (κ2) is 8.87. The number of hydrogen-bond donors (Lipinski definition) is 3. The SMILES string of the molecule is COC(=O)[C@@]12OC[C@@]34[C@H](C[C@@H]5C(C)=C(O)C(=O)C[C@]5(C)[C@@H]3[C@@H](O)[C@H]1O)OC(=O)[C@@H](OC(=O)/C=C(\C)C(C)C)[C@H]24. The van der Waals surface area contributed by atoms with E-state index in [1.54, 1.807) is 20.8 Å². The van der Waals surface area contributed by atoms with E-state index in [9.17, 15) is 34.5 Å². The molecular weight excluding hydrogens is 512 g/mol. The first-order valence-electron chi connectivity index (χ1n) is 13.3. The fourth-order valence-electron chi connectivity index (χ4n) is 8.37. The van der Waals surface area contributed by atoms with Crippen molar-refractivity contribution < 1.29 is 53.4 Å². The van der Waals surface area contributed by atoms with E-state index in [1.165, 1.54) is 6.08 Å². The smallest absolute Gasteiger partial charge is 0.348 e. The molecule has 0 aromatic rings. The van der Waals surface area contributed by atoms with Crippen LogP contribution >= 0.6 is 0 Å². The monoisotopic (exact) mass is 548 g/mol. The van der Waals surface area contributed by atoms with Crippen LogP contribution in [0, 0.1) is 34.5 Å². The van der Waals surface area contributed by atoms with Crippen LogP contribution in [0.3, 0.4) is 0 Å². The molecular formula is C28H36O11. The van der Waals surface area contributed by atoms with Gasteiger partial charge in [0, 0.05) is 23.8 Å². The van der Waals surface area contributed by atoms with Crippen molar-refractivity contribution in [2.24, 2.45) is 34.5 Å². The third-order valence-electron chi connectivity index (χ3n) is 10.3. The average Bonchev–Trinajstić information content (AvgIpc) is 3.18. The molecule has 2 saturated heterocycles. The number of esters is 3. The van der Waals surface area contributed by atoms with Gasteiger partial charge in [-0.3, -0.25) is 4.79 Å². The molecule has 0 radical (unpaired) electrons. The number of hydrogen-bond acceptors (Lipinski definition) is 11. The number of ketones is 1. The van der Waals surface area contributed by atoms with E-state index >= 15 is 0 Å². The molecule has 11 heteroatoms. The molecule has 39 heavy (non-hydrogen) atoms. The summed E-state index contributed by atoms with van der Waals surface area (Å²) in [6, 6.07) is 0. The number of carbonyl (C=O) groups excluding carboxylic acids is 4. The Bertz CT molecular complexity index is 1200. The van der Waals surface area contributed by atoms with Crippen molar-refractivity contribution in [3.8, 4) is 0 Å². The van der Waals surface area contributed by atoms with Gasteiger partial charge in [0.2, 0.25) is 11.7 Å². The maximum Gasteiger partial charge on any atom is 0.348 e. The maximum atomic E-state index is 13.5. The Morgan fingerprint density at radius 1 is 1.18 bits per heavy atom. The van der Waals surface area contributed by atoms with Crippen LogP contribution in [0.2, 0.25) is 0 Å². The van der Waals surface area contributed by atoms with E-state index in [0.717, 1.165) is 7.11 Å². The first-order chi connectivity index (χ1) is 18.2. The average molecular weight is 549 g/mol. The minimum absolute atomic E-state index is 0.0302. The molecule has 10 atom stereocenters. The second-order valence-electron chi connectivity index (χ2n) is 12.3. The summed E-state index contributed by atoms with van der Waals surface area (Å²) in [6.07, 6.45) is -4.75. The van der Waals surface area contributed by atoms with Crippen molar-refractivity contribution >= 4 is 23.7 Å². The van der Waals surface area contributed by atoms with Crippen molar-refractivity contribution in [2.45, 2.75) is 77.5 Å². The minimum Gasteiger partial charge on any atom is -0.504 e. The lowest BCUT2D eigenvalue weighted by Gasteiger charge is -2.67. The van der Waals surface area contributed by atoms with Crippen LogP contribution in [0.5, 0.6) is 0 Å². The highest BCUT2D eigenvalue weighted by atomic mass is 16.6. The van der Waals surface area contributed by atoms with Crippen LogP contribution in [-0.4, -0.2) is 82.7 Å². The molecule has 2 saturated carbocycles. The Balaban J connectivity index is 1.71. The third kappa shape index (κ3) is 3.39. The van der Waals surface area contributed by atoms with Crippen LogP contribution in [0.15, 0.2) is 23.0 Å². The summed E-state index contributed by atoms with van der Waals surface area (Å²) in [6.45, 7) is 8.72. The summed E-state index contributed by atoms with van der Waals surface area (Å²) in [4.78, 5) is 52.8. The summed E-state index contributed by atoms with van der Waals surface area (Å²) in [5, 5.41) is 33.7. The Kier molecular flexibility index (Phi) is 6.32. The minimum atomic E-state index is -2.22. The largest absolute Gasteiger partial charge is 0.504 e. The molecule has 0 aromatic carbocycles. The van der Waals surface area contributed by atoms with Crippen LogP contribution in [0.25, 0.3) is 0 Å². The predicted molar refractivity (Wildman–Crippen MR) is 132 cm³/mol. The summed E-state index contributed by atoms with van der Waals surface area (Å²) in [7, 11) is 1.10. The van der Waals surface area contributed by atoms with Gasteiger partial charge < -0.3 is 34.3 Å². The standard InChI is InChI=1S/C28H36O11/c1-11(2)12(3)7-17(30)39-20-22-27-10-37-28(22,25(35)36-6)23(33)19(32)21(27)26(5)9-15(29)18(31)13(4)14(26)8-16(27)38-24(20)34/h7,11,14,16,19-23,31-33H,8-10H2,1-6H3/b12-7+/t14-,16+,19-,20+,21+,22+,23-,26+,27-,28+/m1/s1. The van der Waals surface area contributed by atoms with Gasteiger partial charge in [0.25, 0.3) is 0 Å². The zero-order chi connectivity index (χ0) is 28.8. The van der Waals surface area contributed by atoms with Gasteiger partial charge in [0.1, 0.15) is 12.2 Å². The molecule has 0 aromatic heterocycles. The van der Waals surface area contributed by atoms with Gasteiger partial charge in [-0.1, -0.05) is 26.3 Å². The molecule has 5 aliphatic rings. The molecule has 5 rings (SSSR count). The highest BCUT2D eigenvalue weighted by molar-refractivity contribution is 5.95. The van der Waals surface area contributed by atoms with Gasteiger partial charge in [0.15, 0.2) is 11.5 Å². The molecule has 1 spiro atoms. The van der Waals surface area contributed by atoms with Crippen LogP contribution in [0.4, 0.5) is 0 Å². The van der Waals surface area contributed by atoms with E-state index in [4.69, 9.17) is 18.9 Å². The van der Waals surface area contributed by atoms with E-state index in [1.807, 2.05) is 13.8 Å². The van der Waals surface area contributed by atoms with Crippen LogP contribution < -0.4 is 0 Å². The molecule has 2 aliphatic heterocycles. The molecule has 11 nitrogen and oxygen atoms in total. The summed E-state index contributed by atoms with van der Waals surface area (Å²) in [5.74, 6) is -6.26. The molecule has 2 bridgehead atoms. The number of ether oxygens (including phenoxy) is 4. The lowest BCUT2D eigenvalue weighted by Crippen LogP contribution is -2.79. The molecule has 0 unspecified atom stereocenters. The highest BCUT2D eigenvalue weighted by Crippen LogP contribution is 2.72. The first kappa shape index (κ1) is 27.8. The zero-order valence-corrected chi connectivity index (χ0v) is 22.9. The molecule has 214 valence electrons. The number of allylic oxidation sites excluding steroid dienone is 3. The van der Waals surface area contributed by atoms with Gasteiger partial charge in [-0.2, -0.15) is 0 Å². The Morgan fingerprint density at radius 3 is 2.46 bits per heavy atom. The molecule has 0 amide bonds. The molecule has 3 aliphatic carbocycles. The van der Waals surface area contributed by atoms with Crippen molar-refractivity contribution in [3.05, 3.63) is 23.0 Å². The fraction of sp³-hybridized carbons (Fsp3) is 0.714. The van der Waals surface area contributed by atoms with E-state index < -0.39 is 82.3 Å². The van der Waals surface area contributed by atoms with Crippen LogP contribution in [-0.2, 0) is 38.1 Å². The number of rotatable bonds is 4.